The standard InChI is InChI=1S/C48H61F3N10O5/c1-56-42-27-32(6-13-40(42)61(47(56)65)41-14-15-43(63)54-45(41)64)16-25-66-26-24-57-19-2-3-36(30-57)59-22-20-58(21-23-59)29-33-4-7-34(8-5-33)39-31-60(35-9-11-37(62)12-10-35)44-38(39)28-53-46(55-44)52-18-17-48(49,50)51/h4-8,13,27-28,31,35-37,41,62H,2-3,9-12,14-26,29-30H2,1H3,(H,52,53,55)(H,54,63,64)/t35-,36?,37-,41?. The van der Waals surface area contributed by atoms with Crippen LogP contribution in [0.2, 0.25) is 0 Å². The fourth-order valence-electron chi connectivity index (χ4n) is 10.4. The van der Waals surface area contributed by atoms with Gasteiger partial charge in [0.25, 0.3) is 0 Å². The Kier molecular flexibility index (Phi) is 13.9. The smallest absolute Gasteiger partial charge is 0.390 e. The number of imide groups is 1. The van der Waals surface area contributed by atoms with Crippen LogP contribution in [-0.4, -0.2) is 139 Å². The van der Waals surface area contributed by atoms with Crippen LogP contribution in [-0.2, 0) is 34.3 Å². The average molecular weight is 915 g/mol. The second kappa shape index (κ2) is 20.0. The molecule has 4 fully saturated rings. The van der Waals surface area contributed by atoms with E-state index >= 15 is 0 Å². The molecule has 2 atom stereocenters. The number of rotatable bonds is 15. The van der Waals surface area contributed by atoms with Gasteiger partial charge < -0.3 is 19.7 Å². The summed E-state index contributed by atoms with van der Waals surface area (Å²) in [5.74, 6) is -0.568. The van der Waals surface area contributed by atoms with E-state index in [0.29, 0.717) is 56.1 Å². The molecule has 2 amide bonds. The number of imidazole rings is 1. The third kappa shape index (κ3) is 10.5. The number of halogens is 3. The summed E-state index contributed by atoms with van der Waals surface area (Å²) in [7, 11) is 1.71. The molecule has 2 aromatic carbocycles. The maximum atomic E-state index is 13.1. The van der Waals surface area contributed by atoms with E-state index in [1.165, 1.54) is 23.0 Å². The summed E-state index contributed by atoms with van der Waals surface area (Å²) < 4.78 is 49.8. The molecule has 3 aromatic heterocycles. The fourth-order valence-corrected chi connectivity index (χ4v) is 10.4. The van der Waals surface area contributed by atoms with Crippen molar-refractivity contribution in [3.8, 4) is 11.1 Å². The number of ether oxygens (including phenoxy) is 1. The predicted molar refractivity (Wildman–Crippen MR) is 245 cm³/mol. The van der Waals surface area contributed by atoms with Crippen molar-refractivity contribution in [1.29, 1.82) is 0 Å². The number of carbonyl (C=O) groups excluding carboxylic acids is 2. The highest BCUT2D eigenvalue weighted by molar-refractivity contribution is 6.00. The number of piperidine rings is 2. The molecule has 0 spiro atoms. The van der Waals surface area contributed by atoms with Crippen LogP contribution >= 0.6 is 0 Å². The van der Waals surface area contributed by atoms with Crippen LogP contribution in [0.25, 0.3) is 33.2 Å². The third-order valence-corrected chi connectivity index (χ3v) is 14.2. The monoisotopic (exact) mass is 914 g/mol. The predicted octanol–water partition coefficient (Wildman–Crippen LogP) is 5.41. The molecule has 1 aliphatic carbocycles. The van der Waals surface area contributed by atoms with E-state index in [0.717, 1.165) is 92.8 Å². The molecule has 0 bridgehead atoms. The Bertz CT molecular complexity index is 2560. The minimum atomic E-state index is -4.26. The number of nitrogens with zero attached hydrogens (tertiary/aromatic N) is 8. The Morgan fingerprint density at radius 3 is 2.41 bits per heavy atom. The van der Waals surface area contributed by atoms with Crippen molar-refractivity contribution in [1.82, 2.24) is 43.7 Å². The lowest BCUT2D eigenvalue weighted by Gasteiger charge is -2.43. The first-order chi connectivity index (χ1) is 31.9. The van der Waals surface area contributed by atoms with Crippen LogP contribution in [0.5, 0.6) is 0 Å². The number of hydrogen-bond donors (Lipinski definition) is 3. The second-order valence-corrected chi connectivity index (χ2v) is 18.6. The largest absolute Gasteiger partial charge is 0.393 e. The highest BCUT2D eigenvalue weighted by Gasteiger charge is 2.32. The Hall–Kier alpha value is -5.14. The summed E-state index contributed by atoms with van der Waals surface area (Å²) in [5.41, 5.74) is 6.16. The number of fused-ring (bicyclic) bond motifs is 2. The lowest BCUT2D eigenvalue weighted by atomic mass is 9.93. The molecule has 4 aliphatic rings. The van der Waals surface area contributed by atoms with Gasteiger partial charge in [0.15, 0.2) is 0 Å². The number of carbonyl (C=O) groups is 2. The summed E-state index contributed by atoms with van der Waals surface area (Å²) in [6.07, 6.45) is 4.85. The quantitative estimate of drug-likeness (QED) is 0.0913. The number of amides is 2. The summed E-state index contributed by atoms with van der Waals surface area (Å²) in [4.78, 5) is 54.2. The minimum absolute atomic E-state index is 0.133. The summed E-state index contributed by atoms with van der Waals surface area (Å²) >= 11 is 0. The highest BCUT2D eigenvalue weighted by atomic mass is 19.4. The number of benzene rings is 2. The molecule has 1 saturated carbocycles. The lowest BCUT2D eigenvalue weighted by molar-refractivity contribution is -0.136. The molecule has 0 radical (unpaired) electrons. The number of aromatic nitrogens is 5. The van der Waals surface area contributed by atoms with Gasteiger partial charge in [-0.25, -0.2) is 9.78 Å². The zero-order valence-corrected chi connectivity index (χ0v) is 37.6. The summed E-state index contributed by atoms with van der Waals surface area (Å²) in [5, 5.41) is 16.1. The van der Waals surface area contributed by atoms with Gasteiger partial charge in [-0.3, -0.25) is 38.7 Å². The number of likely N-dealkylation sites (tertiary alicyclic amines) is 1. The van der Waals surface area contributed by atoms with Gasteiger partial charge in [0, 0.05) is 101 Å². The van der Waals surface area contributed by atoms with Crippen LogP contribution in [0, 0.1) is 0 Å². The zero-order chi connectivity index (χ0) is 46.0. The number of aliphatic hydroxyl groups is 1. The minimum Gasteiger partial charge on any atom is -0.393 e. The van der Waals surface area contributed by atoms with Gasteiger partial charge in [0.05, 0.1) is 36.8 Å². The Labute approximate surface area is 381 Å². The Morgan fingerprint density at radius 1 is 0.879 bits per heavy atom. The normalized spacial score (nSPS) is 22.9. The van der Waals surface area contributed by atoms with Crippen molar-refractivity contribution in [2.45, 2.75) is 101 Å². The molecule has 2 unspecified atom stereocenters. The molecular formula is C48H61F3N10O5. The van der Waals surface area contributed by atoms with Crippen LogP contribution < -0.4 is 16.3 Å². The van der Waals surface area contributed by atoms with Crippen molar-refractivity contribution in [3.05, 3.63) is 76.5 Å². The van der Waals surface area contributed by atoms with E-state index in [4.69, 9.17) is 9.72 Å². The van der Waals surface area contributed by atoms with Crippen LogP contribution in [0.4, 0.5) is 19.1 Å². The molecule has 6 heterocycles. The van der Waals surface area contributed by atoms with Gasteiger partial charge in [-0.2, -0.15) is 18.2 Å². The van der Waals surface area contributed by atoms with E-state index in [2.05, 4.69) is 65.3 Å². The van der Waals surface area contributed by atoms with Crippen molar-refractivity contribution >= 4 is 39.8 Å². The van der Waals surface area contributed by atoms with Crippen molar-refractivity contribution < 1.29 is 32.6 Å². The van der Waals surface area contributed by atoms with E-state index in [-0.39, 0.29) is 42.7 Å². The van der Waals surface area contributed by atoms with Crippen molar-refractivity contribution in [2.24, 2.45) is 7.05 Å². The third-order valence-electron chi connectivity index (χ3n) is 14.2. The van der Waals surface area contributed by atoms with Crippen molar-refractivity contribution in [3.63, 3.8) is 0 Å². The Balaban J connectivity index is 0.734. The number of hydrogen-bond acceptors (Lipinski definition) is 11. The van der Waals surface area contributed by atoms with Gasteiger partial charge in [-0.1, -0.05) is 30.3 Å². The van der Waals surface area contributed by atoms with Gasteiger partial charge in [-0.05, 0) is 86.7 Å². The molecule has 3 aliphatic heterocycles. The first-order valence-corrected chi connectivity index (χ1v) is 23.6. The van der Waals surface area contributed by atoms with E-state index < -0.39 is 24.5 Å². The fraction of sp³-hybridized carbons (Fsp3) is 0.562. The van der Waals surface area contributed by atoms with Gasteiger partial charge in [0.2, 0.25) is 17.8 Å². The van der Waals surface area contributed by atoms with Crippen LogP contribution in [0.15, 0.2) is 59.7 Å². The van der Waals surface area contributed by atoms with E-state index in [9.17, 15) is 32.7 Å². The molecule has 3 N–H and O–H groups in total. The maximum Gasteiger partial charge on any atom is 0.390 e. The summed E-state index contributed by atoms with van der Waals surface area (Å²) in [6, 6.07) is 14.5. The summed E-state index contributed by atoms with van der Waals surface area (Å²) in [6.45, 7) is 8.87. The molecule has 5 aromatic rings. The Morgan fingerprint density at radius 2 is 1.65 bits per heavy atom. The molecule has 66 heavy (non-hydrogen) atoms. The number of alkyl halides is 3. The molecule has 15 nitrogen and oxygen atoms in total. The molecule has 3 saturated heterocycles. The zero-order valence-electron chi connectivity index (χ0n) is 37.6. The average Bonchev–Trinajstić information content (AvgIpc) is 3.80. The highest BCUT2D eigenvalue weighted by Crippen LogP contribution is 2.37. The number of aryl methyl sites for hydroxylation is 1. The van der Waals surface area contributed by atoms with Gasteiger partial charge in [-0.15, -0.1) is 0 Å². The molecular weight excluding hydrogens is 854 g/mol. The first kappa shape index (κ1) is 46.0. The van der Waals surface area contributed by atoms with Crippen LogP contribution in [0.3, 0.4) is 0 Å². The van der Waals surface area contributed by atoms with Crippen LogP contribution in [0.1, 0.15) is 81.0 Å². The van der Waals surface area contributed by atoms with Crippen molar-refractivity contribution in [2.75, 3.05) is 70.9 Å². The van der Waals surface area contributed by atoms with E-state index in [1.807, 2.05) is 18.2 Å². The first-order valence-electron chi connectivity index (χ1n) is 23.6. The number of aliphatic hydroxyl groups excluding tert-OH is 1. The van der Waals surface area contributed by atoms with Gasteiger partial charge in [0.1, 0.15) is 11.7 Å². The number of anilines is 1. The van der Waals surface area contributed by atoms with Gasteiger partial charge >= 0.3 is 11.9 Å². The second-order valence-electron chi connectivity index (χ2n) is 18.6. The topological polar surface area (TPSA) is 155 Å². The lowest BCUT2D eigenvalue weighted by Crippen LogP contribution is -2.55. The molecule has 354 valence electrons. The molecule has 9 rings (SSSR count). The SMILES string of the molecule is Cn1c(=O)n(C2CCC(=O)NC2=O)c2ccc(CCOCCN3CCCC(N4CCN(Cc5ccc(-c6cn([C@H]7CC[C@H](O)CC7)c7nc(NCCC(F)(F)F)ncc67)cc5)CC4)C3)cc21. The maximum absolute atomic E-state index is 13.1. The number of piperazine rings is 1. The molecule has 18 heteroatoms. The van der Waals surface area contributed by atoms with E-state index in [1.54, 1.807) is 17.8 Å². The number of nitrogens with one attached hydrogen (secondary N) is 2.